The van der Waals surface area contributed by atoms with Gasteiger partial charge < -0.3 is 4.74 Å². The maximum absolute atomic E-state index is 13.5. The highest BCUT2D eigenvalue weighted by molar-refractivity contribution is 7.99. The van der Waals surface area contributed by atoms with Gasteiger partial charge in [0.25, 0.3) is 0 Å². The van der Waals surface area contributed by atoms with Crippen LogP contribution in [0.3, 0.4) is 0 Å². The first-order chi connectivity index (χ1) is 17.5. The van der Waals surface area contributed by atoms with Gasteiger partial charge in [-0.2, -0.15) is 5.10 Å². The summed E-state index contributed by atoms with van der Waals surface area (Å²) in [4.78, 5) is 18.9. The number of nitrogens with one attached hydrogen (secondary N) is 1. The number of rotatable bonds is 6. The molecule has 1 N–H and O–H groups in total. The number of pyridine rings is 1. The van der Waals surface area contributed by atoms with Crippen LogP contribution in [0.25, 0.3) is 11.0 Å². The molecule has 0 unspecified atom stereocenters. The van der Waals surface area contributed by atoms with Gasteiger partial charge >= 0.3 is 0 Å². The third-order valence-electron chi connectivity index (χ3n) is 6.00. The van der Waals surface area contributed by atoms with Crippen molar-refractivity contribution in [1.29, 1.82) is 0 Å². The molecule has 2 aromatic heterocycles. The van der Waals surface area contributed by atoms with Crippen molar-refractivity contribution in [3.63, 3.8) is 0 Å². The summed E-state index contributed by atoms with van der Waals surface area (Å²) >= 11 is 1.49. The molecule has 1 aliphatic heterocycles. The first-order valence-electron chi connectivity index (χ1n) is 11.2. The molecule has 0 saturated heterocycles. The molecule has 1 aliphatic rings. The number of ether oxygens (including phenoxy) is 1. The van der Waals surface area contributed by atoms with Crippen LogP contribution in [0.2, 0.25) is 0 Å². The summed E-state index contributed by atoms with van der Waals surface area (Å²) in [6.07, 6.45) is 3.94. The molecule has 178 valence electrons. The van der Waals surface area contributed by atoms with Gasteiger partial charge in [0.2, 0.25) is 9.84 Å². The number of hydrogen-bond acceptors (Lipinski definition) is 7. The topological polar surface area (TPSA) is 102 Å². The highest BCUT2D eigenvalue weighted by Crippen LogP contribution is 2.49. The van der Waals surface area contributed by atoms with E-state index in [0.29, 0.717) is 29.1 Å². The molecule has 3 heterocycles. The van der Waals surface area contributed by atoms with Crippen molar-refractivity contribution in [2.24, 2.45) is 0 Å². The minimum atomic E-state index is -3.81. The summed E-state index contributed by atoms with van der Waals surface area (Å²) < 4.78 is 33.0. The predicted molar refractivity (Wildman–Crippen MR) is 136 cm³/mol. The van der Waals surface area contributed by atoms with E-state index in [9.17, 15) is 13.2 Å². The number of H-pyrrole nitrogens is 1. The van der Waals surface area contributed by atoms with Crippen LogP contribution in [-0.2, 0) is 16.3 Å². The Morgan fingerprint density at radius 2 is 1.75 bits per heavy atom. The summed E-state index contributed by atoms with van der Waals surface area (Å²) in [6, 6.07) is 21.1. The van der Waals surface area contributed by atoms with Crippen LogP contribution in [0, 0.1) is 0 Å². The zero-order valence-corrected chi connectivity index (χ0v) is 20.5. The van der Waals surface area contributed by atoms with Crippen LogP contribution >= 0.6 is 11.8 Å². The average Bonchev–Trinajstić information content (AvgIpc) is 3.38. The standard InChI is InChI=1S/C27H19N3O4S2/c31-21(18-14-19-16-29-30-27(19)28-15-18)13-10-17-8-11-20(12-9-17)36(32,33)25-7-3-6-24-26(25)34-22-4-1-2-5-23(22)35-24/h1-9,11-12,14-16H,10,13H2,(H,28,29,30). The molecular formula is C27H19N3O4S2. The molecule has 36 heavy (non-hydrogen) atoms. The van der Waals surface area contributed by atoms with Gasteiger partial charge in [-0.3, -0.25) is 9.89 Å². The number of nitrogens with zero attached hydrogens (tertiary/aromatic N) is 2. The SMILES string of the molecule is O=C(CCc1ccc(S(=O)(=O)c2cccc3c2Oc2ccccc2S3)cc1)c1cnc2[nH]ncc2c1. The monoisotopic (exact) mass is 513 g/mol. The second-order valence-corrected chi connectivity index (χ2v) is 11.3. The van der Waals surface area contributed by atoms with Gasteiger partial charge in [-0.1, -0.05) is 42.1 Å². The Morgan fingerprint density at radius 3 is 2.61 bits per heavy atom. The summed E-state index contributed by atoms with van der Waals surface area (Å²) in [5.41, 5.74) is 2.03. The highest BCUT2D eigenvalue weighted by Gasteiger charge is 2.28. The lowest BCUT2D eigenvalue weighted by Crippen LogP contribution is -2.07. The molecule has 0 radical (unpaired) electrons. The molecule has 5 aromatic rings. The Bertz CT molecular complexity index is 1730. The minimum absolute atomic E-state index is 0.0341. The van der Waals surface area contributed by atoms with E-state index in [1.54, 1.807) is 48.7 Å². The predicted octanol–water partition coefficient (Wildman–Crippen LogP) is 5.86. The second-order valence-electron chi connectivity index (χ2n) is 8.34. The van der Waals surface area contributed by atoms with E-state index < -0.39 is 9.84 Å². The Morgan fingerprint density at radius 1 is 0.944 bits per heavy atom. The lowest BCUT2D eigenvalue weighted by atomic mass is 10.0. The fourth-order valence-corrected chi connectivity index (χ4v) is 6.54. The van der Waals surface area contributed by atoms with E-state index >= 15 is 0 Å². The summed E-state index contributed by atoms with van der Waals surface area (Å²) in [6.45, 7) is 0. The number of carbonyl (C=O) groups excluding carboxylic acids is 1. The molecule has 3 aromatic carbocycles. The largest absolute Gasteiger partial charge is 0.454 e. The zero-order chi connectivity index (χ0) is 24.7. The lowest BCUT2D eigenvalue weighted by molar-refractivity contribution is 0.0982. The van der Waals surface area contributed by atoms with Gasteiger partial charge in [-0.25, -0.2) is 13.4 Å². The van der Waals surface area contributed by atoms with E-state index in [4.69, 9.17) is 4.74 Å². The molecule has 0 atom stereocenters. The number of sulfone groups is 1. The third-order valence-corrected chi connectivity index (χ3v) is 8.89. The fourth-order valence-electron chi connectivity index (χ4n) is 4.09. The quantitative estimate of drug-likeness (QED) is 0.278. The van der Waals surface area contributed by atoms with E-state index in [2.05, 4.69) is 15.2 Å². The molecule has 0 fully saturated rings. The van der Waals surface area contributed by atoms with Gasteiger partial charge in [-0.05, 0) is 54.4 Å². The molecule has 0 amide bonds. The van der Waals surface area contributed by atoms with Crippen LogP contribution in [0.5, 0.6) is 11.5 Å². The van der Waals surface area contributed by atoms with Crippen molar-refractivity contribution in [2.45, 2.75) is 32.4 Å². The number of aromatic amines is 1. The Kier molecular flexibility index (Phi) is 5.58. The van der Waals surface area contributed by atoms with Gasteiger partial charge in [0.15, 0.2) is 17.2 Å². The Hall–Kier alpha value is -3.95. The molecule has 9 heteroatoms. The van der Waals surface area contributed by atoms with Gasteiger partial charge in [0, 0.05) is 23.6 Å². The minimum Gasteiger partial charge on any atom is -0.454 e. The molecule has 7 nitrogen and oxygen atoms in total. The number of ketones is 1. The first-order valence-corrected chi connectivity index (χ1v) is 13.5. The maximum Gasteiger partial charge on any atom is 0.210 e. The molecule has 0 aliphatic carbocycles. The second kappa shape index (κ2) is 8.92. The van der Waals surface area contributed by atoms with Crippen molar-refractivity contribution in [3.8, 4) is 11.5 Å². The molecule has 0 spiro atoms. The number of fused-ring (bicyclic) bond motifs is 3. The molecular weight excluding hydrogens is 494 g/mol. The van der Waals surface area contributed by atoms with Crippen molar-refractivity contribution < 1.29 is 17.9 Å². The Labute approximate surface area is 211 Å². The average molecular weight is 514 g/mol. The number of para-hydroxylation sites is 2. The van der Waals surface area contributed by atoms with Gasteiger partial charge in [0.05, 0.1) is 20.9 Å². The zero-order valence-electron chi connectivity index (χ0n) is 18.8. The normalized spacial score (nSPS) is 12.6. The van der Waals surface area contributed by atoms with Crippen LogP contribution < -0.4 is 4.74 Å². The van der Waals surface area contributed by atoms with Gasteiger partial charge in [0.1, 0.15) is 10.6 Å². The maximum atomic E-state index is 13.5. The summed E-state index contributed by atoms with van der Waals surface area (Å²) in [5.74, 6) is 0.951. The smallest absolute Gasteiger partial charge is 0.210 e. The first kappa shape index (κ1) is 22.5. The van der Waals surface area contributed by atoms with E-state index in [1.807, 2.05) is 30.3 Å². The number of aromatic nitrogens is 3. The number of Topliss-reactive ketones (excluding diaryl/α,β-unsaturated/α-hetero) is 1. The van der Waals surface area contributed by atoms with Crippen molar-refractivity contribution in [2.75, 3.05) is 0 Å². The van der Waals surface area contributed by atoms with Crippen molar-refractivity contribution >= 4 is 38.4 Å². The Balaban J connectivity index is 1.20. The van der Waals surface area contributed by atoms with Crippen molar-refractivity contribution in [3.05, 3.63) is 96.3 Å². The van der Waals surface area contributed by atoms with E-state index in [1.165, 1.54) is 18.0 Å². The number of benzene rings is 3. The van der Waals surface area contributed by atoms with Crippen LogP contribution in [0.4, 0.5) is 0 Å². The third kappa shape index (κ3) is 4.06. The number of hydrogen-bond donors (Lipinski definition) is 1. The summed E-state index contributed by atoms with van der Waals surface area (Å²) in [7, 11) is -3.81. The fraction of sp³-hybridized carbons (Fsp3) is 0.0741. The van der Waals surface area contributed by atoms with Gasteiger partial charge in [-0.15, -0.1) is 0 Å². The van der Waals surface area contributed by atoms with Crippen LogP contribution in [0.15, 0.2) is 105 Å². The molecule has 6 rings (SSSR count). The van der Waals surface area contributed by atoms with Crippen LogP contribution in [0.1, 0.15) is 22.3 Å². The summed E-state index contributed by atoms with van der Waals surface area (Å²) in [5, 5.41) is 7.47. The molecule has 0 saturated carbocycles. The molecule has 0 bridgehead atoms. The van der Waals surface area contributed by atoms with E-state index in [0.717, 1.165) is 20.7 Å². The highest BCUT2D eigenvalue weighted by atomic mass is 32.2. The van der Waals surface area contributed by atoms with E-state index in [-0.39, 0.29) is 22.0 Å². The number of aryl methyl sites for hydroxylation is 1. The lowest BCUT2D eigenvalue weighted by Gasteiger charge is -2.21. The van der Waals surface area contributed by atoms with Crippen LogP contribution in [-0.4, -0.2) is 29.4 Å². The van der Waals surface area contributed by atoms with Crippen molar-refractivity contribution in [1.82, 2.24) is 15.2 Å². The number of carbonyl (C=O) groups is 1.